The number of benzene rings is 2. The molecule has 3 atom stereocenters. The van der Waals surface area contributed by atoms with Crippen LogP contribution in [0.15, 0.2) is 48.5 Å². The molecule has 0 bridgehead atoms. The first-order chi connectivity index (χ1) is 14.0. The number of rotatable bonds is 12. The van der Waals surface area contributed by atoms with Gasteiger partial charge in [0.25, 0.3) is 0 Å². The normalized spacial score (nSPS) is 14.6. The minimum absolute atomic E-state index is 0.562. The van der Waals surface area contributed by atoms with Crippen LogP contribution < -0.4 is 4.74 Å². The second-order valence-electron chi connectivity index (χ2n) is 8.53. The summed E-state index contributed by atoms with van der Waals surface area (Å²) in [5.74, 6) is 2.76. The molecule has 0 saturated heterocycles. The summed E-state index contributed by atoms with van der Waals surface area (Å²) in [5.41, 5.74) is 4.33. The Balaban J connectivity index is 1.94. The fraction of sp³-hybridized carbons (Fsp3) is 0.556. The number of likely N-dealkylation sites (N-methyl/N-ethyl adjacent to an activating group) is 1. The quantitative estimate of drug-likeness (QED) is 0.376. The maximum atomic E-state index is 5.90. The Morgan fingerprint density at radius 2 is 1.31 bits per heavy atom. The average molecular weight is 396 g/mol. The van der Waals surface area contributed by atoms with Gasteiger partial charge in [-0.25, -0.2) is 0 Å². The highest BCUT2D eigenvalue weighted by Crippen LogP contribution is 2.33. The van der Waals surface area contributed by atoms with E-state index in [1.165, 1.54) is 29.5 Å². The number of ether oxygens (including phenoxy) is 1. The third kappa shape index (κ3) is 7.19. The average Bonchev–Trinajstić information content (AvgIpc) is 2.77. The molecule has 0 aliphatic rings. The van der Waals surface area contributed by atoms with Crippen molar-refractivity contribution in [3.63, 3.8) is 0 Å². The molecule has 0 fully saturated rings. The highest BCUT2D eigenvalue weighted by molar-refractivity contribution is 5.31. The Morgan fingerprint density at radius 3 is 1.83 bits per heavy atom. The van der Waals surface area contributed by atoms with Gasteiger partial charge in [-0.15, -0.1) is 0 Å². The van der Waals surface area contributed by atoms with Gasteiger partial charge in [-0.3, -0.25) is 0 Å². The standard InChI is InChI=1S/C27H41NO/c1-7-21(4)24-10-12-25(13-11-24)22(5)20-23(8-2)26-14-16-27(17-15-26)29-19-18-28(6)9-3/h10-17,21-23H,7-9,18-20H2,1-6H3. The summed E-state index contributed by atoms with van der Waals surface area (Å²) in [5, 5.41) is 0. The minimum atomic E-state index is 0.562. The SMILES string of the molecule is CCC(C)c1ccc(C(C)CC(CC)c2ccc(OCCN(C)CC)cc2)cc1. The lowest BCUT2D eigenvalue weighted by Crippen LogP contribution is -2.23. The lowest BCUT2D eigenvalue weighted by Gasteiger charge is -2.21. The summed E-state index contributed by atoms with van der Waals surface area (Å²) in [7, 11) is 2.12. The molecule has 0 heterocycles. The van der Waals surface area contributed by atoms with Gasteiger partial charge in [-0.2, -0.15) is 0 Å². The second-order valence-corrected chi connectivity index (χ2v) is 8.53. The molecule has 0 aliphatic carbocycles. The Morgan fingerprint density at radius 1 is 0.759 bits per heavy atom. The molecule has 0 aliphatic heterocycles. The van der Waals surface area contributed by atoms with Crippen LogP contribution in [0.4, 0.5) is 0 Å². The Kier molecular flexibility index (Phi) is 9.73. The van der Waals surface area contributed by atoms with Crippen molar-refractivity contribution in [3.8, 4) is 5.75 Å². The molecule has 2 nitrogen and oxygen atoms in total. The van der Waals surface area contributed by atoms with Gasteiger partial charge < -0.3 is 9.64 Å². The van der Waals surface area contributed by atoms with E-state index in [2.05, 4.69) is 95.1 Å². The van der Waals surface area contributed by atoms with E-state index in [1.54, 1.807) is 0 Å². The second kappa shape index (κ2) is 12.0. The van der Waals surface area contributed by atoms with Crippen molar-refractivity contribution >= 4 is 0 Å². The van der Waals surface area contributed by atoms with Crippen molar-refractivity contribution in [2.24, 2.45) is 0 Å². The lowest BCUT2D eigenvalue weighted by molar-refractivity contribution is 0.243. The molecule has 0 saturated carbocycles. The fourth-order valence-corrected chi connectivity index (χ4v) is 3.80. The molecule has 2 rings (SSSR count). The molecule has 2 aromatic rings. The summed E-state index contributed by atoms with van der Waals surface area (Å²) in [6.45, 7) is 14.2. The molecule has 0 N–H and O–H groups in total. The zero-order valence-corrected chi connectivity index (χ0v) is 19.4. The number of hydrogen-bond acceptors (Lipinski definition) is 2. The van der Waals surface area contributed by atoms with E-state index in [1.807, 2.05) is 0 Å². The first-order valence-corrected chi connectivity index (χ1v) is 11.5. The van der Waals surface area contributed by atoms with Crippen LogP contribution in [0.5, 0.6) is 5.75 Å². The van der Waals surface area contributed by atoms with Crippen LogP contribution in [-0.2, 0) is 0 Å². The number of hydrogen-bond donors (Lipinski definition) is 0. The van der Waals surface area contributed by atoms with Crippen LogP contribution in [0.2, 0.25) is 0 Å². The van der Waals surface area contributed by atoms with Crippen LogP contribution in [0.1, 0.15) is 88.3 Å². The molecule has 160 valence electrons. The van der Waals surface area contributed by atoms with Crippen molar-refractivity contribution in [3.05, 3.63) is 65.2 Å². The topological polar surface area (TPSA) is 12.5 Å². The maximum absolute atomic E-state index is 5.90. The van der Waals surface area contributed by atoms with E-state index in [4.69, 9.17) is 4.74 Å². The van der Waals surface area contributed by atoms with Crippen molar-refractivity contribution in [2.75, 3.05) is 26.7 Å². The molecule has 0 aromatic heterocycles. The summed E-state index contributed by atoms with van der Waals surface area (Å²) in [6.07, 6.45) is 3.54. The monoisotopic (exact) mass is 395 g/mol. The van der Waals surface area contributed by atoms with Gasteiger partial charge in [-0.1, -0.05) is 71.0 Å². The van der Waals surface area contributed by atoms with Crippen LogP contribution in [-0.4, -0.2) is 31.6 Å². The summed E-state index contributed by atoms with van der Waals surface area (Å²) >= 11 is 0. The van der Waals surface area contributed by atoms with Crippen molar-refractivity contribution in [1.29, 1.82) is 0 Å². The van der Waals surface area contributed by atoms with Crippen LogP contribution >= 0.6 is 0 Å². The van der Waals surface area contributed by atoms with E-state index in [0.717, 1.165) is 31.9 Å². The van der Waals surface area contributed by atoms with E-state index in [9.17, 15) is 0 Å². The van der Waals surface area contributed by atoms with E-state index in [-0.39, 0.29) is 0 Å². The van der Waals surface area contributed by atoms with Crippen molar-refractivity contribution in [1.82, 2.24) is 4.90 Å². The van der Waals surface area contributed by atoms with Gasteiger partial charge in [-0.05, 0) is 79.4 Å². The largest absolute Gasteiger partial charge is 0.492 e. The highest BCUT2D eigenvalue weighted by Gasteiger charge is 2.16. The Bertz CT molecular complexity index is 691. The van der Waals surface area contributed by atoms with Crippen LogP contribution in [0, 0.1) is 0 Å². The molecule has 0 radical (unpaired) electrons. The molecule has 2 aromatic carbocycles. The molecule has 0 amide bonds. The highest BCUT2D eigenvalue weighted by atomic mass is 16.5. The lowest BCUT2D eigenvalue weighted by atomic mass is 9.84. The molecule has 29 heavy (non-hydrogen) atoms. The van der Waals surface area contributed by atoms with Crippen LogP contribution in [0.3, 0.4) is 0 Å². The summed E-state index contributed by atoms with van der Waals surface area (Å²) < 4.78 is 5.90. The van der Waals surface area contributed by atoms with Crippen LogP contribution in [0.25, 0.3) is 0 Å². The van der Waals surface area contributed by atoms with Gasteiger partial charge in [0.05, 0.1) is 0 Å². The van der Waals surface area contributed by atoms with Crippen molar-refractivity contribution < 1.29 is 4.74 Å². The zero-order valence-electron chi connectivity index (χ0n) is 19.4. The Labute approximate surface area is 179 Å². The number of nitrogens with zero attached hydrogens (tertiary/aromatic N) is 1. The van der Waals surface area contributed by atoms with E-state index < -0.39 is 0 Å². The molecular formula is C27H41NO. The van der Waals surface area contributed by atoms with Gasteiger partial charge in [0.15, 0.2) is 0 Å². The smallest absolute Gasteiger partial charge is 0.119 e. The van der Waals surface area contributed by atoms with Gasteiger partial charge in [0.2, 0.25) is 0 Å². The summed E-state index contributed by atoms with van der Waals surface area (Å²) in [4.78, 5) is 2.26. The van der Waals surface area contributed by atoms with Gasteiger partial charge >= 0.3 is 0 Å². The maximum Gasteiger partial charge on any atom is 0.119 e. The molecule has 2 heteroatoms. The van der Waals surface area contributed by atoms with E-state index >= 15 is 0 Å². The first kappa shape index (κ1) is 23.5. The third-order valence-electron chi connectivity index (χ3n) is 6.45. The molecular weight excluding hydrogens is 354 g/mol. The van der Waals surface area contributed by atoms with Crippen molar-refractivity contribution in [2.45, 2.75) is 71.6 Å². The first-order valence-electron chi connectivity index (χ1n) is 11.5. The van der Waals surface area contributed by atoms with E-state index in [0.29, 0.717) is 17.8 Å². The fourth-order valence-electron chi connectivity index (χ4n) is 3.80. The summed E-state index contributed by atoms with van der Waals surface area (Å²) in [6, 6.07) is 18.1. The Hall–Kier alpha value is -1.80. The minimum Gasteiger partial charge on any atom is -0.492 e. The molecule has 0 spiro atoms. The third-order valence-corrected chi connectivity index (χ3v) is 6.45. The zero-order chi connectivity index (χ0) is 21.2. The molecule has 3 unspecified atom stereocenters. The van der Waals surface area contributed by atoms with Gasteiger partial charge in [0, 0.05) is 6.54 Å². The predicted octanol–water partition coefficient (Wildman–Crippen LogP) is 7.22. The predicted molar refractivity (Wildman–Crippen MR) is 126 cm³/mol. The van der Waals surface area contributed by atoms with Gasteiger partial charge in [0.1, 0.15) is 12.4 Å².